The molecule has 0 radical (unpaired) electrons. The minimum Gasteiger partial charge on any atom is -0.417 e. The first-order valence-electron chi connectivity index (χ1n) is 4.86. The highest BCUT2D eigenvalue weighted by molar-refractivity contribution is 8.55. The highest BCUT2D eigenvalue weighted by atomic mass is 32.7. The lowest BCUT2D eigenvalue weighted by atomic mass is 10.3. The van der Waals surface area contributed by atoms with E-state index in [0.717, 1.165) is 12.2 Å². The summed E-state index contributed by atoms with van der Waals surface area (Å²) in [5.41, 5.74) is 0. The average molecular weight is 244 g/mol. The largest absolute Gasteiger partial charge is 0.440 e. The second kappa shape index (κ2) is 4.60. The van der Waals surface area contributed by atoms with Crippen LogP contribution in [0.2, 0.25) is 0 Å². The quantitative estimate of drug-likeness (QED) is 0.743. The monoisotopic (exact) mass is 244 g/mol. The first kappa shape index (κ1) is 11.1. The van der Waals surface area contributed by atoms with Crippen molar-refractivity contribution in [3.63, 3.8) is 0 Å². The number of hydrogen-bond acceptors (Lipinski definition) is 4. The molecule has 0 aliphatic carbocycles. The van der Waals surface area contributed by atoms with Crippen molar-refractivity contribution in [2.45, 2.75) is 19.4 Å². The van der Waals surface area contributed by atoms with E-state index in [0.29, 0.717) is 5.75 Å². The SMILES string of the molecule is C[C@H]1CCS[P@](=O)(Oc2ccccc2)O1. The van der Waals surface area contributed by atoms with E-state index in [1.807, 2.05) is 25.1 Å². The van der Waals surface area contributed by atoms with Gasteiger partial charge in [0.15, 0.2) is 0 Å². The molecular formula is C10H13O3PS. The molecule has 1 aliphatic heterocycles. The molecule has 1 saturated heterocycles. The third-order valence-corrected chi connectivity index (χ3v) is 5.81. The molecule has 82 valence electrons. The number of para-hydroxylation sites is 1. The van der Waals surface area contributed by atoms with Gasteiger partial charge in [-0.3, -0.25) is 4.52 Å². The third-order valence-electron chi connectivity index (χ3n) is 2.04. The van der Waals surface area contributed by atoms with Crippen LogP contribution in [-0.2, 0) is 9.09 Å². The second-order valence-electron chi connectivity index (χ2n) is 3.39. The number of hydrogen-bond donors (Lipinski definition) is 0. The van der Waals surface area contributed by atoms with Gasteiger partial charge < -0.3 is 4.52 Å². The molecule has 0 spiro atoms. The van der Waals surface area contributed by atoms with Crippen LogP contribution in [0.4, 0.5) is 0 Å². The van der Waals surface area contributed by atoms with Gasteiger partial charge in [0.05, 0.1) is 6.10 Å². The summed E-state index contributed by atoms with van der Waals surface area (Å²) >= 11 is 1.28. The lowest BCUT2D eigenvalue weighted by Gasteiger charge is -2.26. The highest BCUT2D eigenvalue weighted by Gasteiger charge is 2.33. The fraction of sp³-hybridized carbons (Fsp3) is 0.400. The molecule has 1 aliphatic rings. The molecule has 0 N–H and O–H groups in total. The highest BCUT2D eigenvalue weighted by Crippen LogP contribution is 2.63. The van der Waals surface area contributed by atoms with E-state index < -0.39 is 6.80 Å². The minimum absolute atomic E-state index is 0.0146. The number of benzene rings is 1. The van der Waals surface area contributed by atoms with Gasteiger partial charge in [-0.05, 0) is 36.9 Å². The van der Waals surface area contributed by atoms with E-state index in [1.165, 1.54) is 11.4 Å². The Hall–Kier alpha value is -0.440. The van der Waals surface area contributed by atoms with Crippen LogP contribution in [0.15, 0.2) is 30.3 Å². The van der Waals surface area contributed by atoms with Crippen molar-refractivity contribution in [2.24, 2.45) is 0 Å². The van der Waals surface area contributed by atoms with E-state index in [4.69, 9.17) is 9.05 Å². The summed E-state index contributed by atoms with van der Waals surface area (Å²) < 4.78 is 22.9. The van der Waals surface area contributed by atoms with Crippen molar-refractivity contribution in [3.05, 3.63) is 30.3 Å². The summed E-state index contributed by atoms with van der Waals surface area (Å²) in [5.74, 6) is 1.42. The van der Waals surface area contributed by atoms with Crippen LogP contribution in [0.25, 0.3) is 0 Å². The lowest BCUT2D eigenvalue weighted by Crippen LogP contribution is -2.13. The zero-order chi connectivity index (χ0) is 10.7. The molecule has 1 heterocycles. The summed E-state index contributed by atoms with van der Waals surface area (Å²) in [7, 11) is 0. The van der Waals surface area contributed by atoms with E-state index in [9.17, 15) is 4.57 Å². The van der Waals surface area contributed by atoms with Crippen LogP contribution in [0, 0.1) is 0 Å². The van der Waals surface area contributed by atoms with Gasteiger partial charge in [-0.15, -0.1) is 0 Å². The van der Waals surface area contributed by atoms with Crippen LogP contribution >= 0.6 is 18.2 Å². The second-order valence-corrected chi connectivity index (χ2v) is 7.46. The van der Waals surface area contributed by atoms with Crippen molar-refractivity contribution < 1.29 is 13.6 Å². The van der Waals surface area contributed by atoms with E-state index in [2.05, 4.69) is 0 Å². The molecule has 1 aromatic carbocycles. The van der Waals surface area contributed by atoms with Gasteiger partial charge in [-0.25, -0.2) is 4.57 Å². The maximum Gasteiger partial charge on any atom is 0.440 e. The Morgan fingerprint density at radius 2 is 2.20 bits per heavy atom. The minimum atomic E-state index is -2.97. The van der Waals surface area contributed by atoms with Crippen LogP contribution in [0.5, 0.6) is 5.75 Å². The number of rotatable bonds is 2. The topological polar surface area (TPSA) is 35.5 Å². The Labute approximate surface area is 93.4 Å². The van der Waals surface area contributed by atoms with Crippen LogP contribution in [0.3, 0.4) is 0 Å². The summed E-state index contributed by atoms with van der Waals surface area (Å²) in [6.45, 7) is -1.06. The fourth-order valence-corrected chi connectivity index (χ4v) is 5.06. The lowest BCUT2D eigenvalue weighted by molar-refractivity contribution is 0.197. The molecule has 0 unspecified atom stereocenters. The summed E-state index contributed by atoms with van der Waals surface area (Å²) in [5, 5.41) is 0. The van der Waals surface area contributed by atoms with Crippen LogP contribution < -0.4 is 4.52 Å². The maximum absolute atomic E-state index is 12.1. The van der Waals surface area contributed by atoms with Crippen molar-refractivity contribution in [1.29, 1.82) is 0 Å². The average Bonchev–Trinajstić information content (AvgIpc) is 2.18. The zero-order valence-electron chi connectivity index (χ0n) is 8.46. The molecule has 1 fully saturated rings. The van der Waals surface area contributed by atoms with Gasteiger partial charge in [0.1, 0.15) is 5.75 Å². The molecule has 0 saturated carbocycles. The first-order chi connectivity index (χ1) is 7.18. The van der Waals surface area contributed by atoms with Crippen LogP contribution in [0.1, 0.15) is 13.3 Å². The molecule has 2 rings (SSSR count). The smallest absolute Gasteiger partial charge is 0.417 e. The third kappa shape index (κ3) is 3.00. The van der Waals surface area contributed by atoms with Gasteiger partial charge >= 0.3 is 6.80 Å². The zero-order valence-corrected chi connectivity index (χ0v) is 10.2. The summed E-state index contributed by atoms with van der Waals surface area (Å²) in [4.78, 5) is 0. The van der Waals surface area contributed by atoms with Crippen molar-refractivity contribution in [3.8, 4) is 5.75 Å². The maximum atomic E-state index is 12.1. The molecule has 0 bridgehead atoms. The molecule has 3 nitrogen and oxygen atoms in total. The predicted molar refractivity (Wildman–Crippen MR) is 62.3 cm³/mol. The Morgan fingerprint density at radius 3 is 2.87 bits per heavy atom. The van der Waals surface area contributed by atoms with Gasteiger partial charge in [-0.2, -0.15) is 0 Å². The molecule has 1 aromatic rings. The van der Waals surface area contributed by atoms with Gasteiger partial charge in [0.2, 0.25) is 0 Å². The summed E-state index contributed by atoms with van der Waals surface area (Å²) in [6.07, 6.45) is 0.938. The molecule has 0 amide bonds. The van der Waals surface area contributed by atoms with Crippen molar-refractivity contribution in [1.82, 2.24) is 0 Å². The van der Waals surface area contributed by atoms with Gasteiger partial charge in [-0.1, -0.05) is 18.2 Å². The molecule has 15 heavy (non-hydrogen) atoms. The Morgan fingerprint density at radius 1 is 1.47 bits per heavy atom. The Kier molecular flexibility index (Phi) is 3.39. The molecule has 2 atom stereocenters. The van der Waals surface area contributed by atoms with Gasteiger partial charge in [0, 0.05) is 5.75 Å². The van der Waals surface area contributed by atoms with Crippen molar-refractivity contribution >= 4 is 18.2 Å². The molecule has 0 aromatic heterocycles. The Balaban J connectivity index is 2.07. The van der Waals surface area contributed by atoms with E-state index in [1.54, 1.807) is 12.1 Å². The van der Waals surface area contributed by atoms with Crippen LogP contribution in [-0.4, -0.2) is 11.9 Å². The predicted octanol–water partition coefficient (Wildman–Crippen LogP) is 3.72. The standard InChI is InChI=1S/C10H13O3PS/c1-9-7-8-15-14(11,12-9)13-10-5-3-2-4-6-10/h2-6,9H,7-8H2,1H3/t9-,14-/m0/s1. The van der Waals surface area contributed by atoms with Gasteiger partial charge in [0.25, 0.3) is 0 Å². The normalized spacial score (nSPS) is 31.1. The first-order valence-corrected chi connectivity index (χ1v) is 7.99. The Bertz CT molecular complexity index is 368. The van der Waals surface area contributed by atoms with E-state index in [-0.39, 0.29) is 6.10 Å². The van der Waals surface area contributed by atoms with E-state index >= 15 is 0 Å². The molecule has 5 heteroatoms. The van der Waals surface area contributed by atoms with Crippen molar-refractivity contribution in [2.75, 3.05) is 5.75 Å². The summed E-state index contributed by atoms with van der Waals surface area (Å²) in [6, 6.07) is 9.14. The molecular weight excluding hydrogens is 231 g/mol. The fourth-order valence-electron chi connectivity index (χ4n) is 1.29.